The van der Waals surface area contributed by atoms with E-state index in [1.165, 1.54) is 14.2 Å². The minimum absolute atomic E-state index is 0.0594. The smallest absolute Gasteiger partial charge is 0.321 e. The van der Waals surface area contributed by atoms with Crippen LogP contribution in [0.4, 0.5) is 0 Å². The third kappa shape index (κ3) is 3.32. The minimum atomic E-state index is -1.51. The summed E-state index contributed by atoms with van der Waals surface area (Å²) in [5, 5.41) is 0. The van der Waals surface area contributed by atoms with Gasteiger partial charge < -0.3 is 14.2 Å². The molecule has 2 aliphatic heterocycles. The Morgan fingerprint density at radius 3 is 2.63 bits per heavy atom. The second kappa shape index (κ2) is 7.68. The van der Waals surface area contributed by atoms with Crippen molar-refractivity contribution in [1.82, 2.24) is 4.90 Å². The first-order chi connectivity index (χ1) is 13.0. The Morgan fingerprint density at radius 2 is 1.96 bits per heavy atom. The van der Waals surface area contributed by atoms with Gasteiger partial charge in [0.25, 0.3) is 0 Å². The first-order valence-corrected chi connectivity index (χ1v) is 9.03. The molecule has 0 saturated carbocycles. The number of esters is 2. The number of ether oxygens (including phenoxy) is 3. The summed E-state index contributed by atoms with van der Waals surface area (Å²) >= 11 is 0. The van der Waals surface area contributed by atoms with E-state index < -0.39 is 17.4 Å². The van der Waals surface area contributed by atoms with Crippen molar-refractivity contribution in [2.45, 2.75) is 44.3 Å². The zero-order valence-corrected chi connectivity index (χ0v) is 15.9. The van der Waals surface area contributed by atoms with E-state index in [0.717, 1.165) is 17.7 Å². The standard InChI is InChI=1S/C20H25NO6/c1-25-15-6-4-5-13(9-15)12-21-14-7-8-16(21)20(17(22)10-14,19(24)27-3)11-18(23)26-2/h4-6,9,14,16H,7-8,10-12H2,1-3H3. The molecule has 2 bridgehead atoms. The van der Waals surface area contributed by atoms with Crippen LogP contribution in [0.3, 0.4) is 0 Å². The van der Waals surface area contributed by atoms with Gasteiger partial charge in [0.05, 0.1) is 27.8 Å². The number of hydrogen-bond acceptors (Lipinski definition) is 7. The highest BCUT2D eigenvalue weighted by Gasteiger charge is 2.62. The van der Waals surface area contributed by atoms with Gasteiger partial charge in [0.15, 0.2) is 11.2 Å². The maximum Gasteiger partial charge on any atom is 0.321 e. The number of carbonyl (C=O) groups is 3. The van der Waals surface area contributed by atoms with Crippen molar-refractivity contribution >= 4 is 17.7 Å². The third-order valence-corrected chi connectivity index (χ3v) is 5.83. The van der Waals surface area contributed by atoms with Crippen LogP contribution in [0.1, 0.15) is 31.2 Å². The van der Waals surface area contributed by atoms with Crippen LogP contribution in [0, 0.1) is 5.41 Å². The average Bonchev–Trinajstić information content (AvgIpc) is 3.00. The maximum absolute atomic E-state index is 13.0. The number of fused-ring (bicyclic) bond motifs is 2. The molecule has 146 valence electrons. The molecule has 0 N–H and O–H groups in total. The molecule has 0 aromatic heterocycles. The Labute approximate surface area is 158 Å². The highest BCUT2D eigenvalue weighted by Crippen LogP contribution is 2.48. The number of Topliss-reactive ketones (excluding diaryl/α,β-unsaturated/α-hetero) is 1. The summed E-state index contributed by atoms with van der Waals surface area (Å²) in [7, 11) is 4.12. The molecule has 2 saturated heterocycles. The summed E-state index contributed by atoms with van der Waals surface area (Å²) in [6.45, 7) is 0.569. The molecule has 2 aliphatic rings. The molecule has 7 heteroatoms. The highest BCUT2D eigenvalue weighted by molar-refractivity contribution is 6.08. The van der Waals surface area contributed by atoms with Crippen molar-refractivity contribution in [2.24, 2.45) is 5.41 Å². The van der Waals surface area contributed by atoms with Crippen molar-refractivity contribution in [1.29, 1.82) is 0 Å². The maximum atomic E-state index is 13.0. The molecule has 1 aromatic carbocycles. The first kappa shape index (κ1) is 19.4. The van der Waals surface area contributed by atoms with Gasteiger partial charge in [-0.2, -0.15) is 0 Å². The van der Waals surface area contributed by atoms with E-state index in [0.29, 0.717) is 13.0 Å². The van der Waals surface area contributed by atoms with Crippen LogP contribution in [-0.4, -0.2) is 56.0 Å². The molecule has 0 spiro atoms. The number of nitrogens with zero attached hydrogens (tertiary/aromatic N) is 1. The van der Waals surface area contributed by atoms with Crippen molar-refractivity contribution in [2.75, 3.05) is 21.3 Å². The van der Waals surface area contributed by atoms with Gasteiger partial charge in [-0.25, -0.2) is 0 Å². The Hall–Kier alpha value is -2.41. The molecule has 2 fully saturated rings. The molecule has 3 unspecified atom stereocenters. The highest BCUT2D eigenvalue weighted by atomic mass is 16.5. The molecule has 3 atom stereocenters. The molecular weight excluding hydrogens is 350 g/mol. The quantitative estimate of drug-likeness (QED) is 0.553. The minimum Gasteiger partial charge on any atom is -0.497 e. The van der Waals surface area contributed by atoms with Crippen LogP contribution >= 0.6 is 0 Å². The lowest BCUT2D eigenvalue weighted by Crippen LogP contribution is -2.60. The largest absolute Gasteiger partial charge is 0.497 e. The summed E-state index contributed by atoms with van der Waals surface area (Å²) in [5.41, 5.74) is -0.481. The Morgan fingerprint density at radius 1 is 1.19 bits per heavy atom. The molecule has 27 heavy (non-hydrogen) atoms. The van der Waals surface area contributed by atoms with E-state index in [-0.39, 0.29) is 30.7 Å². The Balaban J connectivity index is 1.96. The van der Waals surface area contributed by atoms with Gasteiger partial charge in [0.1, 0.15) is 5.75 Å². The Bertz CT molecular complexity index is 748. The molecular formula is C20H25NO6. The summed E-state index contributed by atoms with van der Waals surface area (Å²) < 4.78 is 15.0. The van der Waals surface area contributed by atoms with Gasteiger partial charge in [0, 0.05) is 25.0 Å². The molecule has 0 amide bonds. The van der Waals surface area contributed by atoms with Gasteiger partial charge in [0.2, 0.25) is 0 Å². The van der Waals surface area contributed by atoms with Crippen LogP contribution in [0.25, 0.3) is 0 Å². The fourth-order valence-electron chi connectivity index (χ4n) is 4.51. The van der Waals surface area contributed by atoms with Gasteiger partial charge in [-0.15, -0.1) is 0 Å². The molecule has 0 aliphatic carbocycles. The van der Waals surface area contributed by atoms with Gasteiger partial charge in [-0.05, 0) is 30.5 Å². The topological polar surface area (TPSA) is 82.1 Å². The van der Waals surface area contributed by atoms with Crippen molar-refractivity contribution in [3.05, 3.63) is 29.8 Å². The molecule has 7 nitrogen and oxygen atoms in total. The molecule has 1 aromatic rings. The number of ketones is 1. The third-order valence-electron chi connectivity index (χ3n) is 5.83. The number of methoxy groups -OCH3 is 3. The lowest BCUT2D eigenvalue weighted by atomic mass is 9.70. The van der Waals surface area contributed by atoms with Crippen molar-refractivity contribution in [3.8, 4) is 5.75 Å². The van der Waals surface area contributed by atoms with E-state index in [1.54, 1.807) is 7.11 Å². The van der Waals surface area contributed by atoms with E-state index in [1.807, 2.05) is 24.3 Å². The zero-order valence-electron chi connectivity index (χ0n) is 15.9. The molecule has 2 heterocycles. The first-order valence-electron chi connectivity index (χ1n) is 9.03. The van der Waals surface area contributed by atoms with Crippen LogP contribution in [0.2, 0.25) is 0 Å². The Kier molecular flexibility index (Phi) is 5.51. The normalized spacial score (nSPS) is 27.3. The van der Waals surface area contributed by atoms with Crippen LogP contribution in [-0.2, 0) is 30.4 Å². The number of rotatable bonds is 6. The van der Waals surface area contributed by atoms with E-state index in [2.05, 4.69) is 4.90 Å². The van der Waals surface area contributed by atoms with E-state index in [4.69, 9.17) is 14.2 Å². The second-order valence-electron chi connectivity index (χ2n) is 7.11. The fraction of sp³-hybridized carbons (Fsp3) is 0.550. The van der Waals surface area contributed by atoms with Crippen molar-refractivity contribution in [3.63, 3.8) is 0 Å². The van der Waals surface area contributed by atoms with Crippen LogP contribution in [0.5, 0.6) is 5.75 Å². The zero-order chi connectivity index (χ0) is 19.6. The lowest BCUT2D eigenvalue weighted by Gasteiger charge is -2.45. The summed E-state index contributed by atoms with van der Waals surface area (Å²) in [6, 6.07) is 7.38. The van der Waals surface area contributed by atoms with E-state index in [9.17, 15) is 14.4 Å². The number of piperidine rings is 1. The van der Waals surface area contributed by atoms with Crippen LogP contribution in [0.15, 0.2) is 24.3 Å². The van der Waals surface area contributed by atoms with Gasteiger partial charge >= 0.3 is 11.9 Å². The van der Waals surface area contributed by atoms with Crippen molar-refractivity contribution < 1.29 is 28.6 Å². The summed E-state index contributed by atoms with van der Waals surface area (Å²) in [4.78, 5) is 39.9. The monoisotopic (exact) mass is 375 g/mol. The number of benzene rings is 1. The van der Waals surface area contributed by atoms with Gasteiger partial charge in [-0.1, -0.05) is 12.1 Å². The SMILES string of the molecule is COC(=O)CC1(C(=O)OC)C(=O)CC2CCC1N2Cc1cccc(OC)c1. The predicted octanol–water partition coefficient (Wildman–Crippen LogP) is 1.72. The summed E-state index contributed by atoms with van der Waals surface area (Å²) in [5.74, 6) is -0.713. The molecule has 3 rings (SSSR count). The molecule has 0 radical (unpaired) electrons. The second-order valence-corrected chi connectivity index (χ2v) is 7.11. The predicted molar refractivity (Wildman–Crippen MR) is 96.1 cm³/mol. The van der Waals surface area contributed by atoms with E-state index >= 15 is 0 Å². The number of hydrogen-bond donors (Lipinski definition) is 0. The van der Waals surface area contributed by atoms with Crippen LogP contribution < -0.4 is 4.74 Å². The number of carbonyl (C=O) groups excluding carboxylic acids is 3. The van der Waals surface area contributed by atoms with Gasteiger partial charge in [-0.3, -0.25) is 19.3 Å². The fourth-order valence-corrected chi connectivity index (χ4v) is 4.51. The summed E-state index contributed by atoms with van der Waals surface area (Å²) in [6.07, 6.45) is 1.40. The lowest BCUT2D eigenvalue weighted by molar-refractivity contribution is -0.172. The average molecular weight is 375 g/mol.